The quantitative estimate of drug-likeness (QED) is 0.656. The number of rotatable bonds is 8. The summed E-state index contributed by atoms with van der Waals surface area (Å²) >= 11 is 0. The molecule has 0 unspecified atom stereocenters. The van der Waals surface area contributed by atoms with Gasteiger partial charge in [-0.1, -0.05) is 13.8 Å². The molecule has 7 nitrogen and oxygen atoms in total. The van der Waals surface area contributed by atoms with Crippen molar-refractivity contribution >= 4 is 17.8 Å². The van der Waals surface area contributed by atoms with Crippen LogP contribution >= 0.6 is 0 Å². The predicted octanol–water partition coefficient (Wildman–Crippen LogP) is 1.67. The van der Waals surface area contributed by atoms with Gasteiger partial charge in [-0.3, -0.25) is 9.59 Å². The summed E-state index contributed by atoms with van der Waals surface area (Å²) in [7, 11) is 1.19. The zero-order valence-electron chi connectivity index (χ0n) is 14.8. The lowest BCUT2D eigenvalue weighted by Crippen LogP contribution is -2.45. The van der Waals surface area contributed by atoms with Crippen molar-refractivity contribution in [1.82, 2.24) is 5.32 Å². The zero-order chi connectivity index (χ0) is 18.2. The van der Waals surface area contributed by atoms with Crippen molar-refractivity contribution in [2.24, 2.45) is 11.8 Å². The van der Waals surface area contributed by atoms with Gasteiger partial charge in [0.15, 0.2) is 5.78 Å². The molecule has 0 rings (SSSR count). The molecule has 0 aliphatic carbocycles. The molecular formula is C16H29NO6. The molecule has 0 aromatic rings. The number of hydrogen-bond donors (Lipinski definition) is 2. The number of nitrogens with one attached hydrogen (secondary N) is 1. The molecule has 0 aromatic heterocycles. The second-order valence-corrected chi connectivity index (χ2v) is 6.90. The minimum absolute atomic E-state index is 0.157. The van der Waals surface area contributed by atoms with Crippen LogP contribution in [-0.2, 0) is 19.1 Å². The SMILES string of the molecule is COC(=O)[C@H](CO)CC(=O)[C@H](CC(C)C)NC(=O)OC(C)(C)C. The molecule has 0 saturated carbocycles. The van der Waals surface area contributed by atoms with Crippen LogP contribution in [0.15, 0.2) is 0 Å². The first-order chi connectivity index (χ1) is 10.5. The Balaban J connectivity index is 4.91. The van der Waals surface area contributed by atoms with E-state index in [1.165, 1.54) is 7.11 Å². The van der Waals surface area contributed by atoms with Gasteiger partial charge in [0.2, 0.25) is 0 Å². The summed E-state index contributed by atoms with van der Waals surface area (Å²) in [6, 6.07) is -0.774. The topological polar surface area (TPSA) is 102 Å². The Morgan fingerprint density at radius 3 is 2.13 bits per heavy atom. The van der Waals surface area contributed by atoms with Crippen LogP contribution in [0.2, 0.25) is 0 Å². The van der Waals surface area contributed by atoms with Crippen LogP contribution in [0.25, 0.3) is 0 Å². The maximum Gasteiger partial charge on any atom is 0.408 e. The van der Waals surface area contributed by atoms with Crippen LogP contribution < -0.4 is 5.32 Å². The van der Waals surface area contributed by atoms with Crippen LogP contribution in [0.1, 0.15) is 47.5 Å². The Bertz CT molecular complexity index is 413. The summed E-state index contributed by atoms with van der Waals surface area (Å²) in [6.07, 6.45) is -0.469. The van der Waals surface area contributed by atoms with E-state index in [1.54, 1.807) is 20.8 Å². The number of carbonyl (C=O) groups excluding carboxylic acids is 3. The lowest BCUT2D eigenvalue weighted by Gasteiger charge is -2.24. The molecule has 0 aromatic carbocycles. The van der Waals surface area contributed by atoms with E-state index in [-0.39, 0.29) is 18.1 Å². The molecule has 134 valence electrons. The molecule has 0 aliphatic rings. The fourth-order valence-corrected chi connectivity index (χ4v) is 1.97. The van der Waals surface area contributed by atoms with Crippen molar-refractivity contribution < 1.29 is 29.0 Å². The Morgan fingerprint density at radius 2 is 1.74 bits per heavy atom. The van der Waals surface area contributed by atoms with Gasteiger partial charge in [0.25, 0.3) is 0 Å². The zero-order valence-corrected chi connectivity index (χ0v) is 14.8. The molecule has 0 heterocycles. The van der Waals surface area contributed by atoms with E-state index in [0.717, 1.165) is 0 Å². The predicted molar refractivity (Wildman–Crippen MR) is 84.8 cm³/mol. The van der Waals surface area contributed by atoms with E-state index in [4.69, 9.17) is 4.74 Å². The van der Waals surface area contributed by atoms with Gasteiger partial charge in [-0.2, -0.15) is 0 Å². The number of ketones is 1. The maximum absolute atomic E-state index is 12.4. The molecule has 2 atom stereocenters. The Labute approximate surface area is 137 Å². The largest absolute Gasteiger partial charge is 0.469 e. The molecule has 0 fully saturated rings. The average molecular weight is 331 g/mol. The molecule has 7 heteroatoms. The third kappa shape index (κ3) is 9.18. The van der Waals surface area contributed by atoms with E-state index < -0.39 is 36.2 Å². The van der Waals surface area contributed by atoms with Gasteiger partial charge in [-0.05, 0) is 33.1 Å². The summed E-state index contributed by atoms with van der Waals surface area (Å²) < 4.78 is 9.71. The number of carbonyl (C=O) groups is 3. The number of alkyl carbamates (subject to hydrolysis) is 1. The second kappa shape index (κ2) is 9.50. The summed E-state index contributed by atoms with van der Waals surface area (Å²) in [6.45, 7) is 8.53. The first-order valence-corrected chi connectivity index (χ1v) is 7.71. The normalized spacial score (nSPS) is 14.1. The van der Waals surface area contributed by atoms with E-state index >= 15 is 0 Å². The van der Waals surface area contributed by atoms with E-state index in [2.05, 4.69) is 10.1 Å². The van der Waals surface area contributed by atoms with Crippen molar-refractivity contribution in [1.29, 1.82) is 0 Å². The van der Waals surface area contributed by atoms with Crippen LogP contribution in [0.4, 0.5) is 4.79 Å². The third-order valence-corrected chi connectivity index (χ3v) is 2.99. The van der Waals surface area contributed by atoms with Crippen LogP contribution in [0.3, 0.4) is 0 Å². The van der Waals surface area contributed by atoms with Gasteiger partial charge < -0.3 is 19.9 Å². The lowest BCUT2D eigenvalue weighted by atomic mass is 9.94. The van der Waals surface area contributed by atoms with Crippen molar-refractivity contribution in [2.45, 2.75) is 59.1 Å². The Morgan fingerprint density at radius 1 is 1.17 bits per heavy atom. The number of aliphatic hydroxyl groups excluding tert-OH is 1. The third-order valence-electron chi connectivity index (χ3n) is 2.99. The molecule has 0 spiro atoms. The van der Waals surface area contributed by atoms with Crippen molar-refractivity contribution in [2.75, 3.05) is 13.7 Å². The molecular weight excluding hydrogens is 302 g/mol. The van der Waals surface area contributed by atoms with Crippen molar-refractivity contribution in [3.05, 3.63) is 0 Å². The van der Waals surface area contributed by atoms with E-state index in [1.807, 2.05) is 13.8 Å². The first kappa shape index (κ1) is 21.4. The lowest BCUT2D eigenvalue weighted by molar-refractivity contribution is -0.148. The monoisotopic (exact) mass is 331 g/mol. The highest BCUT2D eigenvalue weighted by molar-refractivity contribution is 5.90. The molecule has 23 heavy (non-hydrogen) atoms. The number of ether oxygens (including phenoxy) is 2. The van der Waals surface area contributed by atoms with E-state index in [9.17, 15) is 19.5 Å². The number of aliphatic hydroxyl groups is 1. The van der Waals surface area contributed by atoms with Gasteiger partial charge in [0.1, 0.15) is 5.60 Å². The minimum Gasteiger partial charge on any atom is -0.469 e. The first-order valence-electron chi connectivity index (χ1n) is 7.71. The fourth-order valence-electron chi connectivity index (χ4n) is 1.97. The molecule has 0 radical (unpaired) electrons. The maximum atomic E-state index is 12.4. The van der Waals surface area contributed by atoms with Crippen LogP contribution in [-0.4, -0.2) is 48.3 Å². The van der Waals surface area contributed by atoms with Gasteiger partial charge in [0, 0.05) is 6.42 Å². The second-order valence-electron chi connectivity index (χ2n) is 6.90. The van der Waals surface area contributed by atoms with Gasteiger partial charge in [-0.15, -0.1) is 0 Å². The Kier molecular flexibility index (Phi) is 8.82. The summed E-state index contributed by atoms with van der Waals surface area (Å²) in [4.78, 5) is 35.7. The van der Waals surface area contributed by atoms with Gasteiger partial charge in [-0.25, -0.2) is 4.79 Å². The highest BCUT2D eigenvalue weighted by Gasteiger charge is 2.29. The molecule has 0 bridgehead atoms. The highest BCUT2D eigenvalue weighted by Crippen LogP contribution is 2.14. The average Bonchev–Trinajstić information content (AvgIpc) is 2.40. The summed E-state index contributed by atoms with van der Waals surface area (Å²) in [5.41, 5.74) is -0.671. The molecule has 0 saturated heterocycles. The molecule has 2 N–H and O–H groups in total. The van der Waals surface area contributed by atoms with Crippen LogP contribution in [0.5, 0.6) is 0 Å². The van der Waals surface area contributed by atoms with Crippen molar-refractivity contribution in [3.8, 4) is 0 Å². The summed E-state index contributed by atoms with van der Waals surface area (Å²) in [5, 5.41) is 11.8. The number of amides is 1. The van der Waals surface area contributed by atoms with Crippen molar-refractivity contribution in [3.63, 3.8) is 0 Å². The Hall–Kier alpha value is -1.63. The van der Waals surface area contributed by atoms with Crippen LogP contribution in [0, 0.1) is 11.8 Å². The number of esters is 1. The van der Waals surface area contributed by atoms with E-state index in [0.29, 0.717) is 6.42 Å². The smallest absolute Gasteiger partial charge is 0.408 e. The number of methoxy groups -OCH3 is 1. The molecule has 1 amide bonds. The van der Waals surface area contributed by atoms with Gasteiger partial charge >= 0.3 is 12.1 Å². The minimum atomic E-state index is -0.928. The highest BCUT2D eigenvalue weighted by atomic mass is 16.6. The fraction of sp³-hybridized carbons (Fsp3) is 0.812. The molecule has 0 aliphatic heterocycles. The standard InChI is InChI=1S/C16H29NO6/c1-10(2)7-12(17-15(21)23-16(3,4)5)13(19)8-11(9-18)14(20)22-6/h10-12,18H,7-9H2,1-6H3,(H,17,21)/t11-,12-/m0/s1. The summed E-state index contributed by atoms with van der Waals surface area (Å²) in [5.74, 6) is -1.76. The number of Topliss-reactive ketones (excluding diaryl/α,β-unsaturated/α-hetero) is 1. The number of hydrogen-bond acceptors (Lipinski definition) is 6. The van der Waals surface area contributed by atoms with Gasteiger partial charge in [0.05, 0.1) is 25.7 Å².